The van der Waals surface area contributed by atoms with Gasteiger partial charge in [-0.1, -0.05) is 60.3 Å². The highest BCUT2D eigenvalue weighted by atomic mass is 32.2. The van der Waals surface area contributed by atoms with Crippen LogP contribution in [-0.2, 0) is 4.79 Å². The minimum absolute atomic E-state index is 0.0783. The molecule has 0 bridgehead atoms. The van der Waals surface area contributed by atoms with Crippen molar-refractivity contribution in [2.24, 2.45) is 0 Å². The van der Waals surface area contributed by atoms with Crippen LogP contribution in [0.2, 0.25) is 0 Å². The average molecular weight is 470 g/mol. The summed E-state index contributed by atoms with van der Waals surface area (Å²) in [7, 11) is 0. The first-order chi connectivity index (χ1) is 16.7. The zero-order valence-corrected chi connectivity index (χ0v) is 19.2. The summed E-state index contributed by atoms with van der Waals surface area (Å²) in [6, 6.07) is 26.9. The highest BCUT2D eigenvalue weighted by Crippen LogP contribution is 2.28. The van der Waals surface area contributed by atoms with Crippen molar-refractivity contribution in [2.75, 3.05) is 11.1 Å². The molecule has 8 heteroatoms. The van der Waals surface area contributed by atoms with Crippen LogP contribution >= 0.6 is 11.8 Å². The first-order valence-corrected chi connectivity index (χ1v) is 12.1. The number of nitrogens with zero attached hydrogens (tertiary/aromatic N) is 3. The van der Waals surface area contributed by atoms with Crippen LogP contribution in [0.15, 0.2) is 90.1 Å². The molecule has 0 atom stereocenters. The fourth-order valence-corrected chi connectivity index (χ4v) is 4.23. The SMILES string of the molecule is O=C(CSc1nnc(-c2ccccc2)n1-c1ccccc1)Nc1ccc(C(=O)NC2CC2)cc1. The monoisotopic (exact) mass is 469 g/mol. The minimum atomic E-state index is -0.163. The Morgan fingerprint density at radius 3 is 2.24 bits per heavy atom. The zero-order chi connectivity index (χ0) is 23.3. The third-order valence-electron chi connectivity index (χ3n) is 5.36. The molecule has 1 heterocycles. The van der Waals surface area contributed by atoms with Crippen molar-refractivity contribution in [3.8, 4) is 17.1 Å². The molecule has 0 unspecified atom stereocenters. The van der Waals surface area contributed by atoms with Gasteiger partial charge in [0.2, 0.25) is 5.91 Å². The standard InChI is InChI=1S/C26H23N5O2S/c32-23(27-20-13-11-19(12-14-20)25(33)28-21-15-16-21)17-34-26-30-29-24(18-7-3-1-4-8-18)31(26)22-9-5-2-6-10-22/h1-14,21H,15-17H2,(H,27,32)(H,28,33). The summed E-state index contributed by atoms with van der Waals surface area (Å²) < 4.78 is 1.96. The second kappa shape index (κ2) is 9.93. The quantitative estimate of drug-likeness (QED) is 0.370. The van der Waals surface area contributed by atoms with E-state index in [-0.39, 0.29) is 17.6 Å². The topological polar surface area (TPSA) is 88.9 Å². The van der Waals surface area contributed by atoms with Gasteiger partial charge in [-0.05, 0) is 49.2 Å². The van der Waals surface area contributed by atoms with Crippen LogP contribution in [0.5, 0.6) is 0 Å². The molecule has 5 rings (SSSR count). The van der Waals surface area contributed by atoms with E-state index in [0.717, 1.165) is 29.9 Å². The van der Waals surface area contributed by atoms with Crippen LogP contribution in [-0.4, -0.2) is 38.4 Å². The molecule has 0 saturated heterocycles. The fraction of sp³-hybridized carbons (Fsp3) is 0.154. The lowest BCUT2D eigenvalue weighted by molar-refractivity contribution is -0.113. The first kappa shape index (κ1) is 21.9. The summed E-state index contributed by atoms with van der Waals surface area (Å²) in [5.74, 6) is 0.646. The van der Waals surface area contributed by atoms with Gasteiger partial charge in [-0.15, -0.1) is 10.2 Å². The molecule has 2 N–H and O–H groups in total. The van der Waals surface area contributed by atoms with E-state index in [0.29, 0.717) is 22.4 Å². The molecule has 1 aliphatic rings. The van der Waals surface area contributed by atoms with E-state index in [1.165, 1.54) is 11.8 Å². The number of para-hydroxylation sites is 1. The number of amides is 2. The third-order valence-corrected chi connectivity index (χ3v) is 6.28. The van der Waals surface area contributed by atoms with E-state index < -0.39 is 0 Å². The number of nitrogens with one attached hydrogen (secondary N) is 2. The Bertz CT molecular complexity index is 1290. The van der Waals surface area contributed by atoms with Crippen molar-refractivity contribution in [1.29, 1.82) is 0 Å². The van der Waals surface area contributed by atoms with Gasteiger partial charge in [0.25, 0.3) is 5.91 Å². The fourth-order valence-electron chi connectivity index (χ4n) is 3.48. The van der Waals surface area contributed by atoms with Crippen LogP contribution in [0.3, 0.4) is 0 Å². The molecule has 1 aliphatic carbocycles. The van der Waals surface area contributed by atoms with Crippen molar-refractivity contribution < 1.29 is 9.59 Å². The van der Waals surface area contributed by atoms with Crippen molar-refractivity contribution in [2.45, 2.75) is 24.0 Å². The van der Waals surface area contributed by atoms with Crippen LogP contribution in [0, 0.1) is 0 Å². The zero-order valence-electron chi connectivity index (χ0n) is 18.3. The smallest absolute Gasteiger partial charge is 0.251 e. The predicted molar refractivity (Wildman–Crippen MR) is 133 cm³/mol. The summed E-state index contributed by atoms with van der Waals surface area (Å²) in [6.07, 6.45) is 2.09. The van der Waals surface area contributed by atoms with E-state index in [1.807, 2.05) is 65.2 Å². The lowest BCUT2D eigenvalue weighted by Crippen LogP contribution is -2.25. The van der Waals surface area contributed by atoms with Crippen molar-refractivity contribution >= 4 is 29.3 Å². The molecular weight excluding hydrogens is 446 g/mol. The maximum Gasteiger partial charge on any atom is 0.251 e. The molecule has 0 radical (unpaired) electrons. The molecule has 1 saturated carbocycles. The van der Waals surface area contributed by atoms with Crippen LogP contribution < -0.4 is 10.6 Å². The van der Waals surface area contributed by atoms with Crippen LogP contribution in [0.4, 0.5) is 5.69 Å². The minimum Gasteiger partial charge on any atom is -0.349 e. The molecule has 1 fully saturated rings. The summed E-state index contributed by atoms with van der Waals surface area (Å²) >= 11 is 1.32. The number of carbonyl (C=O) groups is 2. The van der Waals surface area contributed by atoms with Gasteiger partial charge in [0.05, 0.1) is 5.75 Å². The van der Waals surface area contributed by atoms with Gasteiger partial charge >= 0.3 is 0 Å². The Kier molecular flexibility index (Phi) is 6.40. The molecule has 7 nitrogen and oxygen atoms in total. The molecule has 170 valence electrons. The normalized spacial score (nSPS) is 12.8. The Balaban J connectivity index is 1.27. The summed E-state index contributed by atoms with van der Waals surface area (Å²) in [5, 5.41) is 15.2. The molecule has 0 aliphatic heterocycles. The number of thioether (sulfide) groups is 1. The Morgan fingerprint density at radius 2 is 1.56 bits per heavy atom. The number of carbonyl (C=O) groups excluding carboxylic acids is 2. The molecule has 1 aromatic heterocycles. The highest BCUT2D eigenvalue weighted by molar-refractivity contribution is 7.99. The second-order valence-corrected chi connectivity index (χ2v) is 8.95. The maximum atomic E-state index is 12.6. The molecular formula is C26H23N5O2S. The van der Waals surface area contributed by atoms with Crippen LogP contribution in [0.25, 0.3) is 17.1 Å². The number of hydrogen-bond acceptors (Lipinski definition) is 5. The number of hydrogen-bond donors (Lipinski definition) is 2. The first-order valence-electron chi connectivity index (χ1n) is 11.1. The molecule has 3 aromatic carbocycles. The highest BCUT2D eigenvalue weighted by Gasteiger charge is 2.23. The van der Waals surface area contributed by atoms with Gasteiger partial charge in [0, 0.05) is 28.5 Å². The van der Waals surface area contributed by atoms with E-state index in [1.54, 1.807) is 24.3 Å². The van der Waals surface area contributed by atoms with E-state index in [9.17, 15) is 9.59 Å². The summed E-state index contributed by atoms with van der Waals surface area (Å²) in [5.41, 5.74) is 3.10. The number of rotatable bonds is 8. The van der Waals surface area contributed by atoms with Crippen molar-refractivity contribution in [3.63, 3.8) is 0 Å². The Labute approximate surface area is 201 Å². The molecule has 34 heavy (non-hydrogen) atoms. The van der Waals surface area contributed by atoms with Gasteiger partial charge in [0.15, 0.2) is 11.0 Å². The lowest BCUT2D eigenvalue weighted by Gasteiger charge is -2.10. The van der Waals surface area contributed by atoms with E-state index in [2.05, 4.69) is 20.8 Å². The van der Waals surface area contributed by atoms with Crippen molar-refractivity contribution in [1.82, 2.24) is 20.1 Å². The predicted octanol–water partition coefficient (Wildman–Crippen LogP) is 4.56. The lowest BCUT2D eigenvalue weighted by atomic mass is 10.2. The number of aromatic nitrogens is 3. The largest absolute Gasteiger partial charge is 0.349 e. The summed E-state index contributed by atoms with van der Waals surface area (Å²) in [6.45, 7) is 0. The van der Waals surface area contributed by atoms with Gasteiger partial charge in [-0.25, -0.2) is 0 Å². The number of anilines is 1. The Morgan fingerprint density at radius 1 is 0.882 bits per heavy atom. The summed E-state index contributed by atoms with van der Waals surface area (Å²) in [4.78, 5) is 24.7. The van der Waals surface area contributed by atoms with Crippen LogP contribution in [0.1, 0.15) is 23.2 Å². The van der Waals surface area contributed by atoms with Gasteiger partial charge in [-0.2, -0.15) is 0 Å². The van der Waals surface area contributed by atoms with Gasteiger partial charge in [0.1, 0.15) is 0 Å². The third kappa shape index (κ3) is 5.18. The Hall–Kier alpha value is -3.91. The average Bonchev–Trinajstić information content (AvgIpc) is 3.59. The van der Waals surface area contributed by atoms with E-state index in [4.69, 9.17) is 0 Å². The molecule has 4 aromatic rings. The maximum absolute atomic E-state index is 12.6. The van der Waals surface area contributed by atoms with Crippen molar-refractivity contribution in [3.05, 3.63) is 90.5 Å². The van der Waals surface area contributed by atoms with Gasteiger partial charge in [-0.3, -0.25) is 14.2 Å². The van der Waals surface area contributed by atoms with Gasteiger partial charge < -0.3 is 10.6 Å². The molecule has 0 spiro atoms. The number of benzene rings is 3. The van der Waals surface area contributed by atoms with E-state index >= 15 is 0 Å². The second-order valence-electron chi connectivity index (χ2n) is 8.01. The molecule has 2 amide bonds.